The molecule has 1 aromatic heterocycles. The Morgan fingerprint density at radius 1 is 1.17 bits per heavy atom. The van der Waals surface area contributed by atoms with Crippen LogP contribution in [0.25, 0.3) is 10.9 Å². The summed E-state index contributed by atoms with van der Waals surface area (Å²) in [5.74, 6) is 0.805. The fraction of sp³-hybridized carbons (Fsp3) is 0.250. The maximum atomic E-state index is 12.5. The van der Waals surface area contributed by atoms with Crippen LogP contribution in [0.2, 0.25) is 0 Å². The Kier molecular flexibility index (Phi) is 3.95. The lowest BCUT2D eigenvalue weighted by Gasteiger charge is -2.25. The molecule has 1 amide bonds. The first-order valence-corrected chi connectivity index (χ1v) is 8.37. The summed E-state index contributed by atoms with van der Waals surface area (Å²) in [5, 5.41) is 4.28. The summed E-state index contributed by atoms with van der Waals surface area (Å²) in [7, 11) is 0. The summed E-state index contributed by atoms with van der Waals surface area (Å²) in [4.78, 5) is 15.9. The number of para-hydroxylation sites is 2. The van der Waals surface area contributed by atoms with E-state index < -0.39 is 0 Å². The third kappa shape index (κ3) is 2.87. The number of carbonyl (C=O) groups is 1. The number of aromatic amines is 1. The van der Waals surface area contributed by atoms with Crippen molar-refractivity contribution in [2.45, 2.75) is 18.8 Å². The molecule has 3 aromatic rings. The van der Waals surface area contributed by atoms with Crippen LogP contribution in [0.3, 0.4) is 0 Å². The minimum atomic E-state index is -0.113. The normalized spacial score (nSPS) is 16.4. The maximum absolute atomic E-state index is 12.5. The first kappa shape index (κ1) is 14.8. The van der Waals surface area contributed by atoms with E-state index in [-0.39, 0.29) is 11.8 Å². The Labute approximate surface area is 140 Å². The molecule has 0 saturated heterocycles. The highest BCUT2D eigenvalue weighted by Gasteiger charge is 2.26. The summed E-state index contributed by atoms with van der Waals surface area (Å²) < 4.78 is 5.63. The summed E-state index contributed by atoms with van der Waals surface area (Å²) in [6, 6.07) is 18.2. The number of ether oxygens (including phenoxy) is 1. The van der Waals surface area contributed by atoms with Gasteiger partial charge in [0.1, 0.15) is 5.75 Å². The lowest BCUT2D eigenvalue weighted by atomic mass is 9.92. The Bertz CT molecular complexity index is 836. The van der Waals surface area contributed by atoms with Gasteiger partial charge < -0.3 is 15.0 Å². The molecule has 0 radical (unpaired) electrons. The number of carbonyl (C=O) groups excluding carboxylic acids is 1. The number of nitrogens with one attached hydrogen (secondary N) is 2. The van der Waals surface area contributed by atoms with E-state index in [0.29, 0.717) is 13.2 Å². The van der Waals surface area contributed by atoms with Crippen LogP contribution in [-0.4, -0.2) is 24.0 Å². The number of rotatable bonds is 4. The molecule has 2 aromatic carbocycles. The van der Waals surface area contributed by atoms with Gasteiger partial charge in [0.25, 0.3) is 0 Å². The molecular formula is C20H20N2O2. The van der Waals surface area contributed by atoms with E-state index in [0.717, 1.165) is 35.4 Å². The highest BCUT2D eigenvalue weighted by molar-refractivity contribution is 5.85. The molecule has 0 bridgehead atoms. The van der Waals surface area contributed by atoms with Gasteiger partial charge in [-0.1, -0.05) is 36.4 Å². The zero-order valence-electron chi connectivity index (χ0n) is 13.4. The van der Waals surface area contributed by atoms with Crippen molar-refractivity contribution in [3.05, 3.63) is 65.9 Å². The van der Waals surface area contributed by atoms with Gasteiger partial charge in [0, 0.05) is 29.7 Å². The first-order valence-electron chi connectivity index (χ1n) is 8.37. The van der Waals surface area contributed by atoms with E-state index in [9.17, 15) is 4.79 Å². The molecule has 1 aliphatic heterocycles. The van der Waals surface area contributed by atoms with Gasteiger partial charge in [-0.15, -0.1) is 0 Å². The highest BCUT2D eigenvalue weighted by Crippen LogP contribution is 2.33. The maximum Gasteiger partial charge on any atom is 0.227 e. The highest BCUT2D eigenvalue weighted by atomic mass is 16.5. The van der Waals surface area contributed by atoms with E-state index in [1.54, 1.807) is 0 Å². The minimum Gasteiger partial charge on any atom is -0.493 e. The fourth-order valence-electron chi connectivity index (χ4n) is 3.33. The molecule has 2 heterocycles. The van der Waals surface area contributed by atoms with E-state index in [2.05, 4.69) is 28.5 Å². The SMILES string of the molecule is O=C(NCCc1cc2ccccc2[nH]1)[C@H]1CCOc2ccccc21. The average Bonchev–Trinajstić information content (AvgIpc) is 3.04. The van der Waals surface area contributed by atoms with Gasteiger partial charge >= 0.3 is 0 Å². The number of fused-ring (bicyclic) bond motifs is 2. The van der Waals surface area contributed by atoms with Gasteiger partial charge in [-0.2, -0.15) is 0 Å². The molecule has 4 nitrogen and oxygen atoms in total. The molecule has 0 spiro atoms. The van der Waals surface area contributed by atoms with Crippen LogP contribution >= 0.6 is 0 Å². The molecular weight excluding hydrogens is 300 g/mol. The molecule has 4 rings (SSSR count). The topological polar surface area (TPSA) is 54.1 Å². The molecule has 0 saturated carbocycles. The van der Waals surface area contributed by atoms with Crippen molar-refractivity contribution < 1.29 is 9.53 Å². The Morgan fingerprint density at radius 2 is 2.00 bits per heavy atom. The van der Waals surface area contributed by atoms with E-state index in [4.69, 9.17) is 4.74 Å². The molecule has 1 atom stereocenters. The fourth-order valence-corrected chi connectivity index (χ4v) is 3.33. The van der Waals surface area contributed by atoms with Gasteiger partial charge in [-0.3, -0.25) is 4.79 Å². The van der Waals surface area contributed by atoms with Crippen LogP contribution in [0.5, 0.6) is 5.75 Å². The lowest BCUT2D eigenvalue weighted by molar-refractivity contribution is -0.123. The Balaban J connectivity index is 1.39. The number of benzene rings is 2. The summed E-state index contributed by atoms with van der Waals surface area (Å²) in [6.45, 7) is 1.22. The van der Waals surface area contributed by atoms with Crippen LogP contribution in [0, 0.1) is 0 Å². The van der Waals surface area contributed by atoms with Crippen molar-refractivity contribution in [1.29, 1.82) is 0 Å². The van der Waals surface area contributed by atoms with E-state index in [1.165, 1.54) is 5.39 Å². The lowest BCUT2D eigenvalue weighted by Crippen LogP contribution is -2.33. The molecule has 24 heavy (non-hydrogen) atoms. The zero-order valence-corrected chi connectivity index (χ0v) is 13.4. The summed E-state index contributed by atoms with van der Waals surface area (Å²) in [5.41, 5.74) is 3.27. The van der Waals surface area contributed by atoms with Crippen molar-refractivity contribution in [3.8, 4) is 5.75 Å². The molecule has 0 aliphatic carbocycles. The molecule has 4 heteroatoms. The second-order valence-electron chi connectivity index (χ2n) is 6.15. The Hall–Kier alpha value is -2.75. The van der Waals surface area contributed by atoms with Gasteiger partial charge in [0.2, 0.25) is 5.91 Å². The molecule has 2 N–H and O–H groups in total. The Morgan fingerprint density at radius 3 is 2.92 bits per heavy atom. The van der Waals surface area contributed by atoms with Crippen LogP contribution in [0.1, 0.15) is 23.6 Å². The molecule has 122 valence electrons. The number of amides is 1. The van der Waals surface area contributed by atoms with E-state index in [1.807, 2.05) is 36.4 Å². The summed E-state index contributed by atoms with van der Waals surface area (Å²) >= 11 is 0. The smallest absolute Gasteiger partial charge is 0.227 e. The quantitative estimate of drug-likeness (QED) is 0.774. The van der Waals surface area contributed by atoms with Gasteiger partial charge in [-0.25, -0.2) is 0 Å². The monoisotopic (exact) mass is 320 g/mol. The number of aromatic nitrogens is 1. The predicted octanol–water partition coefficient (Wildman–Crippen LogP) is 3.39. The second kappa shape index (κ2) is 6.40. The number of H-pyrrole nitrogens is 1. The number of hydrogen-bond donors (Lipinski definition) is 2. The van der Waals surface area contributed by atoms with Crippen LogP contribution < -0.4 is 10.1 Å². The van der Waals surface area contributed by atoms with Gasteiger partial charge in [0.05, 0.1) is 12.5 Å². The number of hydrogen-bond acceptors (Lipinski definition) is 2. The molecule has 0 unspecified atom stereocenters. The third-order valence-corrected chi connectivity index (χ3v) is 4.55. The molecule has 1 aliphatic rings. The second-order valence-corrected chi connectivity index (χ2v) is 6.15. The zero-order chi connectivity index (χ0) is 16.4. The minimum absolute atomic E-state index is 0.0851. The van der Waals surface area contributed by atoms with E-state index >= 15 is 0 Å². The van der Waals surface area contributed by atoms with Gasteiger partial charge in [0.15, 0.2) is 0 Å². The van der Waals surface area contributed by atoms with Crippen molar-refractivity contribution in [1.82, 2.24) is 10.3 Å². The first-order chi connectivity index (χ1) is 11.8. The van der Waals surface area contributed by atoms with Crippen molar-refractivity contribution in [2.75, 3.05) is 13.2 Å². The predicted molar refractivity (Wildman–Crippen MR) is 94.3 cm³/mol. The van der Waals surface area contributed by atoms with Crippen molar-refractivity contribution >= 4 is 16.8 Å². The van der Waals surface area contributed by atoms with Crippen LogP contribution in [0.15, 0.2) is 54.6 Å². The standard InChI is InChI=1S/C20H20N2O2/c23-20(17-10-12-24-19-8-4-2-6-16(17)19)21-11-9-15-13-14-5-1-3-7-18(14)22-15/h1-8,13,17,22H,9-12H2,(H,21,23)/t17-/m0/s1. The largest absolute Gasteiger partial charge is 0.493 e. The third-order valence-electron chi connectivity index (χ3n) is 4.55. The van der Waals surface area contributed by atoms with Crippen LogP contribution in [0.4, 0.5) is 0 Å². The summed E-state index contributed by atoms with van der Waals surface area (Å²) in [6.07, 6.45) is 1.53. The van der Waals surface area contributed by atoms with Crippen LogP contribution in [-0.2, 0) is 11.2 Å². The molecule has 0 fully saturated rings. The van der Waals surface area contributed by atoms with Gasteiger partial charge in [-0.05, 0) is 30.0 Å². The van der Waals surface area contributed by atoms with Crippen molar-refractivity contribution in [2.24, 2.45) is 0 Å². The average molecular weight is 320 g/mol. The van der Waals surface area contributed by atoms with Crippen molar-refractivity contribution in [3.63, 3.8) is 0 Å².